The van der Waals surface area contributed by atoms with Crippen LogP contribution >= 0.6 is 0 Å². The third-order valence-electron chi connectivity index (χ3n) is 3.35. The van der Waals surface area contributed by atoms with Crippen LogP contribution < -0.4 is 0 Å². The van der Waals surface area contributed by atoms with Crippen LogP contribution in [0.5, 0.6) is 0 Å². The van der Waals surface area contributed by atoms with Crippen molar-refractivity contribution in [3.63, 3.8) is 0 Å². The zero-order valence-electron chi connectivity index (χ0n) is 9.03. The number of rotatable bonds is 0. The van der Waals surface area contributed by atoms with Crippen molar-refractivity contribution in [1.29, 1.82) is 0 Å². The monoisotopic (exact) mass is 191 g/mol. The highest BCUT2D eigenvalue weighted by atomic mass is 16.2. The first kappa shape index (κ1) is 9.50. The Bertz CT molecular complexity index is 314. The van der Waals surface area contributed by atoms with Crippen LogP contribution in [0.1, 0.15) is 20.8 Å². The van der Waals surface area contributed by atoms with E-state index in [-0.39, 0.29) is 17.4 Å². The molecule has 1 saturated heterocycles. The molecule has 0 radical (unpaired) electrons. The average molecular weight is 191 g/mol. The second kappa shape index (κ2) is 2.97. The van der Waals surface area contributed by atoms with Gasteiger partial charge in [-0.3, -0.25) is 4.79 Å². The van der Waals surface area contributed by atoms with Gasteiger partial charge in [-0.2, -0.15) is 0 Å². The van der Waals surface area contributed by atoms with Crippen molar-refractivity contribution in [2.24, 2.45) is 11.3 Å². The first-order valence-electron chi connectivity index (χ1n) is 5.14. The summed E-state index contributed by atoms with van der Waals surface area (Å²) in [6, 6.07) is 0.285. The van der Waals surface area contributed by atoms with E-state index in [1.807, 2.05) is 11.0 Å². The highest BCUT2D eigenvalue weighted by Gasteiger charge is 2.45. The molecule has 76 valence electrons. The van der Waals surface area contributed by atoms with E-state index in [0.717, 1.165) is 6.54 Å². The number of fused-ring (bicyclic) bond motifs is 1. The van der Waals surface area contributed by atoms with Gasteiger partial charge in [-0.15, -0.1) is 0 Å². The summed E-state index contributed by atoms with van der Waals surface area (Å²) in [5.74, 6) is 0.668. The Morgan fingerprint density at radius 1 is 1.36 bits per heavy atom. The van der Waals surface area contributed by atoms with Crippen LogP contribution in [0.2, 0.25) is 0 Å². The number of amides is 1. The minimum atomic E-state index is 0.186. The maximum absolute atomic E-state index is 11.5. The van der Waals surface area contributed by atoms with E-state index >= 15 is 0 Å². The van der Waals surface area contributed by atoms with Gasteiger partial charge >= 0.3 is 0 Å². The molecule has 2 atom stereocenters. The molecule has 1 fully saturated rings. The number of allylic oxidation sites excluding steroid dienone is 2. The molecule has 0 saturated carbocycles. The van der Waals surface area contributed by atoms with Crippen molar-refractivity contribution in [3.05, 3.63) is 24.3 Å². The molecule has 0 bridgehead atoms. The second-order valence-electron chi connectivity index (χ2n) is 4.92. The highest BCUT2D eigenvalue weighted by molar-refractivity contribution is 5.74. The molecule has 2 aliphatic rings. The SMILES string of the molecule is CC(=O)N1CC(C)(C)C2C=CC=CC21. The second-order valence-corrected chi connectivity index (χ2v) is 4.92. The molecule has 1 aliphatic carbocycles. The van der Waals surface area contributed by atoms with Crippen molar-refractivity contribution in [3.8, 4) is 0 Å². The molecule has 2 rings (SSSR count). The molecule has 2 nitrogen and oxygen atoms in total. The predicted octanol–water partition coefficient (Wildman–Crippen LogP) is 1.99. The molecular formula is C12H17NO. The fourth-order valence-corrected chi connectivity index (χ4v) is 2.59. The number of carbonyl (C=O) groups excluding carboxylic acids is 1. The molecule has 0 spiro atoms. The average Bonchev–Trinajstić information content (AvgIpc) is 2.40. The molecule has 2 heteroatoms. The van der Waals surface area contributed by atoms with Gasteiger partial charge in [-0.25, -0.2) is 0 Å². The van der Waals surface area contributed by atoms with Gasteiger partial charge in [0.1, 0.15) is 0 Å². The van der Waals surface area contributed by atoms with Crippen LogP contribution in [0.4, 0.5) is 0 Å². The zero-order chi connectivity index (χ0) is 10.3. The van der Waals surface area contributed by atoms with E-state index < -0.39 is 0 Å². The van der Waals surface area contributed by atoms with Gasteiger partial charge in [0.2, 0.25) is 5.91 Å². The standard InChI is InChI=1S/C12H17NO/c1-9(14)13-8-12(2,3)10-6-4-5-7-11(10)13/h4-7,10-11H,8H2,1-3H3. The largest absolute Gasteiger partial charge is 0.335 e. The summed E-state index contributed by atoms with van der Waals surface area (Å²) in [7, 11) is 0. The quantitative estimate of drug-likeness (QED) is 0.573. The Kier molecular flexibility index (Phi) is 2.02. The van der Waals surface area contributed by atoms with Crippen LogP contribution in [-0.4, -0.2) is 23.4 Å². The molecule has 0 aromatic rings. The Morgan fingerprint density at radius 2 is 2.00 bits per heavy atom. The molecule has 1 aliphatic heterocycles. The molecule has 0 N–H and O–H groups in total. The number of carbonyl (C=O) groups is 1. The van der Waals surface area contributed by atoms with Crippen molar-refractivity contribution < 1.29 is 4.79 Å². The van der Waals surface area contributed by atoms with E-state index in [4.69, 9.17) is 0 Å². The fraction of sp³-hybridized carbons (Fsp3) is 0.583. The van der Waals surface area contributed by atoms with E-state index in [0.29, 0.717) is 5.92 Å². The van der Waals surface area contributed by atoms with Crippen LogP contribution in [0, 0.1) is 11.3 Å². The van der Waals surface area contributed by atoms with Gasteiger partial charge < -0.3 is 4.90 Å². The lowest BCUT2D eigenvalue weighted by molar-refractivity contribution is -0.129. The lowest BCUT2D eigenvalue weighted by atomic mass is 9.77. The molecule has 1 amide bonds. The predicted molar refractivity (Wildman–Crippen MR) is 56.7 cm³/mol. The number of nitrogens with zero attached hydrogens (tertiary/aromatic N) is 1. The summed E-state index contributed by atoms with van der Waals surface area (Å²) >= 11 is 0. The lowest BCUT2D eigenvalue weighted by Crippen LogP contribution is -2.35. The maximum atomic E-state index is 11.5. The summed E-state index contributed by atoms with van der Waals surface area (Å²) in [6.45, 7) is 6.99. The van der Waals surface area contributed by atoms with E-state index in [1.54, 1.807) is 6.92 Å². The number of hydrogen-bond donors (Lipinski definition) is 0. The van der Waals surface area contributed by atoms with Gasteiger partial charge in [0.05, 0.1) is 6.04 Å². The van der Waals surface area contributed by atoms with Gasteiger partial charge in [0.25, 0.3) is 0 Å². The Morgan fingerprint density at radius 3 is 2.64 bits per heavy atom. The molecule has 2 unspecified atom stereocenters. The summed E-state index contributed by atoms with van der Waals surface area (Å²) in [5.41, 5.74) is 0.206. The third kappa shape index (κ3) is 1.29. The Balaban J connectivity index is 2.32. The first-order valence-corrected chi connectivity index (χ1v) is 5.14. The number of hydrogen-bond acceptors (Lipinski definition) is 1. The molecular weight excluding hydrogens is 174 g/mol. The minimum Gasteiger partial charge on any atom is -0.335 e. The van der Waals surface area contributed by atoms with Crippen LogP contribution in [-0.2, 0) is 4.79 Å². The number of likely N-dealkylation sites (tertiary alicyclic amines) is 1. The van der Waals surface area contributed by atoms with E-state index in [9.17, 15) is 4.79 Å². The highest BCUT2D eigenvalue weighted by Crippen LogP contribution is 2.42. The van der Waals surface area contributed by atoms with Gasteiger partial charge in [-0.1, -0.05) is 38.2 Å². The fourth-order valence-electron chi connectivity index (χ4n) is 2.59. The third-order valence-corrected chi connectivity index (χ3v) is 3.35. The van der Waals surface area contributed by atoms with Crippen LogP contribution in [0.15, 0.2) is 24.3 Å². The van der Waals surface area contributed by atoms with Gasteiger partial charge in [0, 0.05) is 19.4 Å². The first-order chi connectivity index (χ1) is 6.52. The van der Waals surface area contributed by atoms with Gasteiger partial charge in [-0.05, 0) is 5.41 Å². The summed E-state index contributed by atoms with van der Waals surface area (Å²) < 4.78 is 0. The van der Waals surface area contributed by atoms with E-state index in [2.05, 4.69) is 32.1 Å². The lowest BCUT2D eigenvalue weighted by Gasteiger charge is -2.26. The van der Waals surface area contributed by atoms with Gasteiger partial charge in [0.15, 0.2) is 0 Å². The van der Waals surface area contributed by atoms with Crippen LogP contribution in [0.25, 0.3) is 0 Å². The smallest absolute Gasteiger partial charge is 0.219 e. The van der Waals surface area contributed by atoms with Crippen LogP contribution in [0.3, 0.4) is 0 Å². The molecule has 1 heterocycles. The van der Waals surface area contributed by atoms with E-state index in [1.165, 1.54) is 0 Å². The maximum Gasteiger partial charge on any atom is 0.219 e. The zero-order valence-corrected chi connectivity index (χ0v) is 9.03. The Labute approximate surface area is 85.3 Å². The minimum absolute atomic E-state index is 0.186. The summed E-state index contributed by atoms with van der Waals surface area (Å²) in [5, 5.41) is 0. The molecule has 0 aromatic carbocycles. The topological polar surface area (TPSA) is 20.3 Å². The Hall–Kier alpha value is -1.05. The summed E-state index contributed by atoms with van der Waals surface area (Å²) in [6.07, 6.45) is 8.50. The van der Waals surface area contributed by atoms with Crippen molar-refractivity contribution in [2.45, 2.75) is 26.8 Å². The summed E-state index contributed by atoms with van der Waals surface area (Å²) in [4.78, 5) is 13.4. The van der Waals surface area contributed by atoms with Crippen molar-refractivity contribution in [2.75, 3.05) is 6.54 Å². The normalized spacial score (nSPS) is 33.2. The van der Waals surface area contributed by atoms with Crippen molar-refractivity contribution in [1.82, 2.24) is 4.90 Å². The molecule has 0 aromatic heterocycles. The van der Waals surface area contributed by atoms with Crippen molar-refractivity contribution >= 4 is 5.91 Å². The molecule has 14 heavy (non-hydrogen) atoms.